The van der Waals surface area contributed by atoms with Crippen molar-refractivity contribution in [3.63, 3.8) is 0 Å². The largest absolute Gasteiger partial charge is 0.497 e. The molecule has 0 unspecified atom stereocenters. The zero-order valence-electron chi connectivity index (χ0n) is 15.4. The molecule has 1 aliphatic rings. The number of nitrogens with one attached hydrogen (secondary N) is 1. The Hall–Kier alpha value is -2.47. The highest BCUT2D eigenvalue weighted by molar-refractivity contribution is 5.88. The van der Waals surface area contributed by atoms with Crippen LogP contribution >= 0.6 is 0 Å². The molecular formula is C20H25N5O. The molecule has 0 amide bonds. The zero-order chi connectivity index (χ0) is 17.9. The fraction of sp³-hybridized carbons (Fsp3) is 0.450. The number of ether oxygens (including phenoxy) is 1. The van der Waals surface area contributed by atoms with E-state index in [1.165, 1.54) is 32.1 Å². The van der Waals surface area contributed by atoms with Crippen molar-refractivity contribution in [1.29, 1.82) is 0 Å². The molecule has 0 spiro atoms. The number of rotatable bonds is 5. The molecule has 1 aliphatic carbocycles. The van der Waals surface area contributed by atoms with E-state index in [9.17, 15) is 0 Å². The Morgan fingerprint density at radius 3 is 2.85 bits per heavy atom. The summed E-state index contributed by atoms with van der Waals surface area (Å²) >= 11 is 0. The lowest BCUT2D eigenvalue weighted by Crippen LogP contribution is -2.30. The first kappa shape index (κ1) is 17.0. The minimum absolute atomic E-state index is 0.613. The smallest absolute Gasteiger partial charge is 0.119 e. The summed E-state index contributed by atoms with van der Waals surface area (Å²) in [5, 5.41) is 13.3. The molecule has 0 radical (unpaired) electrons. The van der Waals surface area contributed by atoms with Gasteiger partial charge in [0.15, 0.2) is 0 Å². The van der Waals surface area contributed by atoms with Gasteiger partial charge in [-0.3, -0.25) is 4.98 Å². The number of pyridine rings is 1. The number of nitrogens with zero attached hydrogens (tertiary/aromatic N) is 4. The second-order valence-electron chi connectivity index (χ2n) is 7.04. The highest BCUT2D eigenvalue weighted by Gasteiger charge is 2.14. The SMILES string of the molecule is COc1ccc2nc(C)cc(-n3cc(CNC4CCCCC4)nn3)c2c1. The molecule has 1 aromatic carbocycles. The highest BCUT2D eigenvalue weighted by atomic mass is 16.5. The Balaban J connectivity index is 1.60. The Bertz CT molecular complexity index is 898. The lowest BCUT2D eigenvalue weighted by atomic mass is 9.95. The Kier molecular flexibility index (Phi) is 4.84. The van der Waals surface area contributed by atoms with Crippen molar-refractivity contribution in [2.45, 2.75) is 51.6 Å². The summed E-state index contributed by atoms with van der Waals surface area (Å²) in [4.78, 5) is 4.61. The van der Waals surface area contributed by atoms with Crippen LogP contribution in [0.3, 0.4) is 0 Å². The molecule has 0 saturated heterocycles. The van der Waals surface area contributed by atoms with Crippen LogP contribution in [0.15, 0.2) is 30.5 Å². The summed E-state index contributed by atoms with van der Waals surface area (Å²) in [5.41, 5.74) is 3.82. The third kappa shape index (κ3) is 3.55. The fourth-order valence-electron chi connectivity index (χ4n) is 3.68. The van der Waals surface area contributed by atoms with Crippen molar-refractivity contribution in [3.8, 4) is 11.4 Å². The van der Waals surface area contributed by atoms with E-state index in [0.29, 0.717) is 6.04 Å². The van der Waals surface area contributed by atoms with Gasteiger partial charge < -0.3 is 10.1 Å². The molecule has 136 valence electrons. The Labute approximate surface area is 153 Å². The van der Waals surface area contributed by atoms with Gasteiger partial charge in [-0.2, -0.15) is 0 Å². The van der Waals surface area contributed by atoms with Crippen molar-refractivity contribution >= 4 is 10.9 Å². The second-order valence-corrected chi connectivity index (χ2v) is 7.04. The number of hydrogen-bond donors (Lipinski definition) is 1. The van der Waals surface area contributed by atoms with Crippen LogP contribution in [-0.2, 0) is 6.54 Å². The summed E-state index contributed by atoms with van der Waals surface area (Å²) < 4.78 is 7.21. The van der Waals surface area contributed by atoms with Gasteiger partial charge in [0.05, 0.1) is 30.2 Å². The molecule has 0 bridgehead atoms. The predicted molar refractivity (Wildman–Crippen MR) is 102 cm³/mol. The van der Waals surface area contributed by atoms with Crippen LogP contribution in [0.1, 0.15) is 43.5 Å². The summed E-state index contributed by atoms with van der Waals surface area (Å²) in [6.07, 6.45) is 8.56. The molecule has 0 atom stereocenters. The first-order valence-corrected chi connectivity index (χ1v) is 9.33. The fourth-order valence-corrected chi connectivity index (χ4v) is 3.68. The van der Waals surface area contributed by atoms with E-state index in [1.807, 2.05) is 42.1 Å². The van der Waals surface area contributed by atoms with Gasteiger partial charge in [0, 0.05) is 23.7 Å². The number of methoxy groups -OCH3 is 1. The minimum Gasteiger partial charge on any atom is -0.497 e. The molecule has 26 heavy (non-hydrogen) atoms. The van der Waals surface area contributed by atoms with Gasteiger partial charge in [-0.1, -0.05) is 24.5 Å². The highest BCUT2D eigenvalue weighted by Crippen LogP contribution is 2.26. The molecule has 2 aromatic heterocycles. The second kappa shape index (κ2) is 7.41. The van der Waals surface area contributed by atoms with Crippen LogP contribution in [0, 0.1) is 6.92 Å². The maximum absolute atomic E-state index is 5.37. The van der Waals surface area contributed by atoms with E-state index < -0.39 is 0 Å². The number of benzene rings is 1. The third-order valence-corrected chi connectivity index (χ3v) is 5.09. The van der Waals surface area contributed by atoms with E-state index in [0.717, 1.165) is 40.3 Å². The summed E-state index contributed by atoms with van der Waals surface area (Å²) in [6, 6.07) is 8.56. The molecule has 6 nitrogen and oxygen atoms in total. The first-order chi connectivity index (χ1) is 12.7. The molecule has 6 heteroatoms. The standard InChI is InChI=1S/C20H25N5O/c1-14-10-20(18-11-17(26-2)8-9-19(18)22-14)25-13-16(23-24-25)12-21-15-6-4-3-5-7-15/h8-11,13,15,21H,3-7,12H2,1-2H3. The topological polar surface area (TPSA) is 64.9 Å². The van der Waals surface area contributed by atoms with Gasteiger partial charge in [0.1, 0.15) is 5.75 Å². The van der Waals surface area contributed by atoms with Crippen molar-refractivity contribution in [3.05, 3.63) is 41.9 Å². The maximum atomic E-state index is 5.37. The van der Waals surface area contributed by atoms with Crippen LogP contribution < -0.4 is 10.1 Å². The van der Waals surface area contributed by atoms with Gasteiger partial charge in [-0.15, -0.1) is 5.10 Å². The molecule has 1 N–H and O–H groups in total. The van der Waals surface area contributed by atoms with Gasteiger partial charge in [-0.05, 0) is 44.0 Å². The average molecular weight is 351 g/mol. The lowest BCUT2D eigenvalue weighted by molar-refractivity contribution is 0.371. The quantitative estimate of drug-likeness (QED) is 0.761. The number of aryl methyl sites for hydroxylation is 1. The molecule has 3 aromatic rings. The molecule has 2 heterocycles. The predicted octanol–water partition coefficient (Wildman–Crippen LogP) is 3.55. The Morgan fingerprint density at radius 1 is 1.19 bits per heavy atom. The van der Waals surface area contributed by atoms with E-state index >= 15 is 0 Å². The number of aromatic nitrogens is 4. The molecular weight excluding hydrogens is 326 g/mol. The van der Waals surface area contributed by atoms with E-state index in [4.69, 9.17) is 4.74 Å². The van der Waals surface area contributed by atoms with Crippen LogP contribution in [0.4, 0.5) is 0 Å². The first-order valence-electron chi connectivity index (χ1n) is 9.33. The molecule has 1 saturated carbocycles. The molecule has 4 rings (SSSR count). The van der Waals surface area contributed by atoms with Crippen molar-refractivity contribution in [2.75, 3.05) is 7.11 Å². The van der Waals surface area contributed by atoms with Crippen molar-refractivity contribution < 1.29 is 4.74 Å². The van der Waals surface area contributed by atoms with Gasteiger partial charge >= 0.3 is 0 Å². The summed E-state index contributed by atoms with van der Waals surface area (Å²) in [6.45, 7) is 2.76. The van der Waals surface area contributed by atoms with Gasteiger partial charge in [0.2, 0.25) is 0 Å². The average Bonchev–Trinajstić information content (AvgIpc) is 3.15. The van der Waals surface area contributed by atoms with Gasteiger partial charge in [-0.25, -0.2) is 4.68 Å². The van der Waals surface area contributed by atoms with E-state index in [-0.39, 0.29) is 0 Å². The van der Waals surface area contributed by atoms with Crippen LogP contribution in [0.5, 0.6) is 5.75 Å². The third-order valence-electron chi connectivity index (χ3n) is 5.09. The summed E-state index contributed by atoms with van der Waals surface area (Å²) in [7, 11) is 1.67. The lowest BCUT2D eigenvalue weighted by Gasteiger charge is -2.22. The number of hydrogen-bond acceptors (Lipinski definition) is 5. The Morgan fingerprint density at radius 2 is 2.04 bits per heavy atom. The minimum atomic E-state index is 0.613. The van der Waals surface area contributed by atoms with Crippen LogP contribution in [-0.4, -0.2) is 33.1 Å². The zero-order valence-corrected chi connectivity index (χ0v) is 15.4. The van der Waals surface area contributed by atoms with Crippen molar-refractivity contribution in [1.82, 2.24) is 25.3 Å². The molecule has 1 fully saturated rings. The maximum Gasteiger partial charge on any atom is 0.119 e. The van der Waals surface area contributed by atoms with E-state index in [1.54, 1.807) is 7.11 Å². The van der Waals surface area contributed by atoms with Crippen LogP contribution in [0.2, 0.25) is 0 Å². The normalized spacial score (nSPS) is 15.5. The van der Waals surface area contributed by atoms with Crippen LogP contribution in [0.25, 0.3) is 16.6 Å². The van der Waals surface area contributed by atoms with Gasteiger partial charge in [0.25, 0.3) is 0 Å². The number of fused-ring (bicyclic) bond motifs is 1. The molecule has 0 aliphatic heterocycles. The summed E-state index contributed by atoms with van der Waals surface area (Å²) in [5.74, 6) is 0.809. The monoisotopic (exact) mass is 351 g/mol. The van der Waals surface area contributed by atoms with Crippen molar-refractivity contribution in [2.24, 2.45) is 0 Å². The van der Waals surface area contributed by atoms with E-state index in [2.05, 4.69) is 20.6 Å².